The van der Waals surface area contributed by atoms with E-state index >= 15 is 0 Å². The number of carbonyl (C=O) groups is 2. The van der Waals surface area contributed by atoms with Gasteiger partial charge in [-0.25, -0.2) is 8.78 Å². The van der Waals surface area contributed by atoms with Crippen molar-refractivity contribution < 1.29 is 23.1 Å². The van der Waals surface area contributed by atoms with E-state index in [2.05, 4.69) is 39.9 Å². The molecule has 0 aliphatic carbocycles. The van der Waals surface area contributed by atoms with Crippen LogP contribution < -0.4 is 5.32 Å². The fourth-order valence-electron chi connectivity index (χ4n) is 4.27. The Morgan fingerprint density at radius 2 is 1.64 bits per heavy atom. The molecule has 0 bridgehead atoms. The molecule has 6 heteroatoms. The van der Waals surface area contributed by atoms with E-state index in [9.17, 15) is 18.4 Å². The summed E-state index contributed by atoms with van der Waals surface area (Å²) in [5, 5.41) is 2.35. The molecule has 2 atom stereocenters. The minimum absolute atomic E-state index is 0.0742. The van der Waals surface area contributed by atoms with Crippen molar-refractivity contribution in [2.45, 2.75) is 125 Å². The smallest absolute Gasteiger partial charge is 0.227 e. The zero-order valence-corrected chi connectivity index (χ0v) is 24.4. The molecule has 0 radical (unpaired) electrons. The summed E-state index contributed by atoms with van der Waals surface area (Å²) in [6, 6.07) is 2.35. The first-order valence-corrected chi connectivity index (χ1v) is 13.9. The molecule has 1 aromatic rings. The summed E-state index contributed by atoms with van der Waals surface area (Å²) in [6.07, 6.45) is 9.71. The predicted molar refractivity (Wildman–Crippen MR) is 147 cm³/mol. The van der Waals surface area contributed by atoms with Gasteiger partial charge in [-0.05, 0) is 62.6 Å². The second-order valence-corrected chi connectivity index (χ2v) is 9.40. The number of benzene rings is 1. The summed E-state index contributed by atoms with van der Waals surface area (Å²) in [5.41, 5.74) is 0.428. The number of nitrogens with one attached hydrogen (secondary N) is 1. The summed E-state index contributed by atoms with van der Waals surface area (Å²) < 4.78 is 33.6. The first-order chi connectivity index (χ1) is 17.1. The van der Waals surface area contributed by atoms with E-state index < -0.39 is 23.5 Å². The molecule has 1 aromatic carbocycles. The predicted octanol–water partition coefficient (Wildman–Crippen LogP) is 8.30. The van der Waals surface area contributed by atoms with Crippen LogP contribution in [0.5, 0.6) is 0 Å². The molecule has 2 rings (SSSR count). The fraction of sp³-hybridized carbons (Fsp3) is 0.733. The average Bonchev–Trinajstić information content (AvgIpc) is 2.84. The number of rotatable bonds is 9. The van der Waals surface area contributed by atoms with Crippen molar-refractivity contribution in [1.82, 2.24) is 5.32 Å². The Hall–Kier alpha value is -1.82. The quantitative estimate of drug-likeness (QED) is 0.338. The average molecular weight is 514 g/mol. The largest absolute Gasteiger partial charge is 0.375 e. The number of aldehydes is 1. The molecule has 1 aliphatic rings. The van der Waals surface area contributed by atoms with Crippen LogP contribution in [-0.4, -0.2) is 31.4 Å². The van der Waals surface area contributed by atoms with Crippen LogP contribution in [0.4, 0.5) is 8.78 Å². The van der Waals surface area contributed by atoms with Gasteiger partial charge < -0.3 is 14.8 Å². The molecule has 1 N–H and O–H groups in total. The third-order valence-corrected chi connectivity index (χ3v) is 5.89. The Labute approximate surface area is 220 Å². The zero-order chi connectivity index (χ0) is 28.1. The van der Waals surface area contributed by atoms with Gasteiger partial charge in [0.25, 0.3) is 0 Å². The molecule has 36 heavy (non-hydrogen) atoms. The van der Waals surface area contributed by atoms with Gasteiger partial charge in [0.2, 0.25) is 5.91 Å². The molecule has 4 nitrogen and oxygen atoms in total. The van der Waals surface area contributed by atoms with Gasteiger partial charge in [0.15, 0.2) is 0 Å². The molecule has 0 saturated carbocycles. The van der Waals surface area contributed by atoms with Crippen molar-refractivity contribution in [3.63, 3.8) is 0 Å². The first-order valence-electron chi connectivity index (χ1n) is 13.9. The lowest BCUT2D eigenvalue weighted by molar-refractivity contribution is -0.122. The van der Waals surface area contributed by atoms with E-state index in [0.717, 1.165) is 12.5 Å². The van der Waals surface area contributed by atoms with E-state index in [1.807, 2.05) is 13.8 Å². The van der Waals surface area contributed by atoms with Crippen molar-refractivity contribution in [2.24, 2.45) is 5.92 Å². The van der Waals surface area contributed by atoms with Gasteiger partial charge in [0.1, 0.15) is 17.9 Å². The lowest BCUT2D eigenvalue weighted by Gasteiger charge is -2.39. The summed E-state index contributed by atoms with van der Waals surface area (Å²) in [5.74, 6) is -2.22. The lowest BCUT2D eigenvalue weighted by atomic mass is 9.83. The molecule has 0 aromatic heterocycles. The second-order valence-electron chi connectivity index (χ2n) is 9.40. The van der Waals surface area contributed by atoms with Crippen LogP contribution in [-0.2, 0) is 14.3 Å². The maximum absolute atomic E-state index is 13.8. The number of halogens is 2. The highest BCUT2D eigenvalue weighted by Crippen LogP contribution is 2.35. The molecular weight excluding hydrogens is 460 g/mol. The molecule has 1 fully saturated rings. The molecule has 1 amide bonds. The minimum atomic E-state index is -0.985. The molecule has 210 valence electrons. The van der Waals surface area contributed by atoms with Crippen molar-refractivity contribution in [3.05, 3.63) is 34.9 Å². The molecule has 1 aliphatic heterocycles. The van der Waals surface area contributed by atoms with E-state index in [-0.39, 0.29) is 24.0 Å². The Morgan fingerprint density at radius 1 is 1.14 bits per heavy atom. The summed E-state index contributed by atoms with van der Waals surface area (Å²) in [4.78, 5) is 22.0. The van der Waals surface area contributed by atoms with Crippen molar-refractivity contribution in [2.75, 3.05) is 13.7 Å². The number of amides is 1. The Balaban J connectivity index is 0. The normalized spacial score (nSPS) is 16.6. The van der Waals surface area contributed by atoms with Crippen molar-refractivity contribution in [1.29, 1.82) is 0 Å². The van der Waals surface area contributed by atoms with Gasteiger partial charge >= 0.3 is 0 Å². The standard InChI is InChI=1S/C13H15F2NO2.C12H24O.C3H8.C2H6/c1-8-6-10(14)12(11(15)7-8)9(4-3-5-17)13(18)16-2;1-4-7-12(8-5-2)9-6-11(3)10-13-12;1-3-2;1-2/h5-7,9H,3-4H2,1-2H3,(H,16,18);11H,4-10H2,1-3H3;3H2,1-2H3;1-2H3/t;11-;;/m.1../s1. The molecule has 0 spiro atoms. The van der Waals surface area contributed by atoms with Crippen LogP contribution in [0.15, 0.2) is 12.1 Å². The minimum Gasteiger partial charge on any atom is -0.375 e. The monoisotopic (exact) mass is 513 g/mol. The van der Waals surface area contributed by atoms with E-state index in [4.69, 9.17) is 4.74 Å². The summed E-state index contributed by atoms with van der Waals surface area (Å²) in [6.45, 7) is 17.6. The van der Waals surface area contributed by atoms with Crippen molar-refractivity contribution >= 4 is 12.2 Å². The number of hydrogen-bond acceptors (Lipinski definition) is 3. The van der Waals surface area contributed by atoms with Gasteiger partial charge in [-0.15, -0.1) is 0 Å². The van der Waals surface area contributed by atoms with Gasteiger partial charge in [0, 0.05) is 25.6 Å². The van der Waals surface area contributed by atoms with Gasteiger partial charge in [-0.3, -0.25) is 4.79 Å². The van der Waals surface area contributed by atoms with Crippen LogP contribution in [0.1, 0.15) is 123 Å². The SMILES string of the molecule is CC.CCC.CCCC1(CCC)CC[C@@H](C)CO1.CNC(=O)C(CCC=O)c1c(F)cc(C)cc1F. The van der Waals surface area contributed by atoms with Crippen LogP contribution in [0.2, 0.25) is 0 Å². The highest BCUT2D eigenvalue weighted by Gasteiger charge is 2.33. The Bertz CT molecular complexity index is 685. The second kappa shape index (κ2) is 21.3. The Kier molecular flexibility index (Phi) is 21.5. The van der Waals surface area contributed by atoms with Crippen LogP contribution in [0.3, 0.4) is 0 Å². The third-order valence-electron chi connectivity index (χ3n) is 5.89. The van der Waals surface area contributed by atoms with Crippen LogP contribution in [0.25, 0.3) is 0 Å². The van der Waals surface area contributed by atoms with E-state index in [1.165, 1.54) is 64.1 Å². The maximum Gasteiger partial charge on any atom is 0.227 e. The number of carbonyl (C=O) groups excluding carboxylic acids is 2. The highest BCUT2D eigenvalue weighted by molar-refractivity contribution is 5.83. The van der Waals surface area contributed by atoms with Crippen LogP contribution in [0, 0.1) is 24.5 Å². The molecule has 1 unspecified atom stereocenters. The topological polar surface area (TPSA) is 55.4 Å². The molecular formula is C30H53F2NO3. The third kappa shape index (κ3) is 13.5. The molecule has 1 saturated heterocycles. The number of hydrogen-bond donors (Lipinski definition) is 1. The van der Waals surface area contributed by atoms with Crippen LogP contribution >= 0.6 is 0 Å². The van der Waals surface area contributed by atoms with Gasteiger partial charge in [-0.2, -0.15) is 0 Å². The highest BCUT2D eigenvalue weighted by atomic mass is 19.1. The number of aryl methyl sites for hydroxylation is 1. The van der Waals surface area contributed by atoms with Gasteiger partial charge in [0.05, 0.1) is 11.5 Å². The fourth-order valence-corrected chi connectivity index (χ4v) is 4.27. The van der Waals surface area contributed by atoms with Crippen molar-refractivity contribution in [3.8, 4) is 0 Å². The first kappa shape index (κ1) is 36.3. The lowest BCUT2D eigenvalue weighted by Crippen LogP contribution is -2.38. The summed E-state index contributed by atoms with van der Waals surface area (Å²) in [7, 11) is 1.39. The summed E-state index contributed by atoms with van der Waals surface area (Å²) >= 11 is 0. The van der Waals surface area contributed by atoms with Gasteiger partial charge in [-0.1, -0.05) is 67.7 Å². The molecule has 1 heterocycles. The van der Waals surface area contributed by atoms with E-state index in [1.54, 1.807) is 6.92 Å². The zero-order valence-electron chi connectivity index (χ0n) is 24.4. The number of ether oxygens (including phenoxy) is 1. The van der Waals surface area contributed by atoms with E-state index in [0.29, 0.717) is 11.8 Å². The number of likely N-dealkylation sites (N-methyl/N-ethyl adjacent to an activating group) is 1. The maximum atomic E-state index is 13.8. The Morgan fingerprint density at radius 3 is 2.00 bits per heavy atom.